The Hall–Kier alpha value is -2.30. The van der Waals surface area contributed by atoms with Gasteiger partial charge in [-0.25, -0.2) is 4.98 Å². The molecule has 0 amide bonds. The number of methoxy groups -OCH3 is 1. The zero-order valence-electron chi connectivity index (χ0n) is 10.4. The number of hydrogen-bond acceptors (Lipinski definition) is 4. The smallest absolute Gasteiger partial charge is 0.252 e. The Morgan fingerprint density at radius 2 is 2.17 bits per heavy atom. The van der Waals surface area contributed by atoms with Gasteiger partial charge in [-0.2, -0.15) is 0 Å². The molecule has 0 aliphatic carbocycles. The van der Waals surface area contributed by atoms with E-state index in [2.05, 4.69) is 15.3 Å². The van der Waals surface area contributed by atoms with E-state index in [1.807, 2.05) is 24.3 Å². The highest BCUT2D eigenvalue weighted by molar-refractivity contribution is 5.39. The van der Waals surface area contributed by atoms with E-state index in [4.69, 9.17) is 4.74 Å². The van der Waals surface area contributed by atoms with E-state index in [1.165, 1.54) is 6.07 Å². The minimum absolute atomic E-state index is 0.162. The van der Waals surface area contributed by atoms with Crippen LogP contribution in [-0.4, -0.2) is 17.1 Å². The second-order valence-electron chi connectivity index (χ2n) is 3.88. The maximum atomic E-state index is 11.3. The van der Waals surface area contributed by atoms with Gasteiger partial charge in [0, 0.05) is 18.2 Å². The second kappa shape index (κ2) is 5.35. The lowest BCUT2D eigenvalue weighted by atomic mass is 10.2. The number of rotatable bonds is 4. The van der Waals surface area contributed by atoms with Crippen LogP contribution >= 0.6 is 0 Å². The maximum Gasteiger partial charge on any atom is 0.252 e. The standard InChI is InChI=1S/C13H15N3O2/c1-9-15-12(7-13(17)16-9)14-8-10-5-3-4-6-11(10)18-2/h3-7H,8H2,1-2H3,(H2,14,15,16,17). The van der Waals surface area contributed by atoms with Crippen molar-refractivity contribution in [3.63, 3.8) is 0 Å². The topological polar surface area (TPSA) is 67.0 Å². The van der Waals surface area contributed by atoms with Crippen molar-refractivity contribution in [3.8, 4) is 5.75 Å². The summed E-state index contributed by atoms with van der Waals surface area (Å²) < 4.78 is 5.25. The molecule has 0 aliphatic rings. The molecule has 2 N–H and O–H groups in total. The first-order valence-electron chi connectivity index (χ1n) is 5.63. The molecule has 1 aromatic heterocycles. The average Bonchev–Trinajstić information content (AvgIpc) is 2.35. The third-order valence-electron chi connectivity index (χ3n) is 2.51. The van der Waals surface area contributed by atoms with Gasteiger partial charge >= 0.3 is 0 Å². The molecule has 0 saturated heterocycles. The fraction of sp³-hybridized carbons (Fsp3) is 0.231. The molecule has 5 nitrogen and oxygen atoms in total. The normalized spacial score (nSPS) is 10.1. The Morgan fingerprint density at radius 3 is 2.89 bits per heavy atom. The number of aryl methyl sites for hydroxylation is 1. The lowest BCUT2D eigenvalue weighted by Gasteiger charge is -2.09. The minimum atomic E-state index is -0.162. The molecule has 2 aromatic rings. The molecule has 0 atom stereocenters. The van der Waals surface area contributed by atoms with Crippen molar-refractivity contribution in [2.24, 2.45) is 0 Å². The molecule has 0 radical (unpaired) electrons. The lowest BCUT2D eigenvalue weighted by molar-refractivity contribution is 0.410. The van der Waals surface area contributed by atoms with Gasteiger partial charge in [0.25, 0.3) is 5.56 Å². The van der Waals surface area contributed by atoms with E-state index < -0.39 is 0 Å². The zero-order chi connectivity index (χ0) is 13.0. The maximum absolute atomic E-state index is 11.3. The molecule has 0 saturated carbocycles. The van der Waals surface area contributed by atoms with Gasteiger partial charge in [-0.1, -0.05) is 18.2 Å². The Kier molecular flexibility index (Phi) is 3.62. The first-order chi connectivity index (χ1) is 8.69. The van der Waals surface area contributed by atoms with Crippen LogP contribution in [-0.2, 0) is 6.54 Å². The minimum Gasteiger partial charge on any atom is -0.496 e. The number of aromatic amines is 1. The summed E-state index contributed by atoms with van der Waals surface area (Å²) in [6.45, 7) is 2.30. The molecular weight excluding hydrogens is 230 g/mol. The van der Waals surface area contributed by atoms with Crippen LogP contribution in [0.25, 0.3) is 0 Å². The van der Waals surface area contributed by atoms with E-state index in [9.17, 15) is 4.79 Å². The second-order valence-corrected chi connectivity index (χ2v) is 3.88. The first kappa shape index (κ1) is 12.2. The van der Waals surface area contributed by atoms with Crippen LogP contribution in [0.2, 0.25) is 0 Å². The van der Waals surface area contributed by atoms with E-state index in [0.717, 1.165) is 11.3 Å². The summed E-state index contributed by atoms with van der Waals surface area (Å²) in [7, 11) is 1.63. The van der Waals surface area contributed by atoms with Crippen LogP contribution in [0.3, 0.4) is 0 Å². The van der Waals surface area contributed by atoms with Crippen molar-refractivity contribution in [1.29, 1.82) is 0 Å². The molecule has 0 unspecified atom stereocenters. The summed E-state index contributed by atoms with van der Waals surface area (Å²) >= 11 is 0. The highest BCUT2D eigenvalue weighted by Crippen LogP contribution is 2.17. The summed E-state index contributed by atoms with van der Waals surface area (Å²) in [4.78, 5) is 18.1. The molecule has 0 aliphatic heterocycles. The number of nitrogens with one attached hydrogen (secondary N) is 2. The Bertz CT molecular complexity index is 593. The van der Waals surface area contributed by atoms with Gasteiger partial charge in [0.15, 0.2) is 0 Å². The van der Waals surface area contributed by atoms with Crippen LogP contribution in [0.1, 0.15) is 11.4 Å². The summed E-state index contributed by atoms with van der Waals surface area (Å²) in [5.41, 5.74) is 0.852. The monoisotopic (exact) mass is 245 g/mol. The predicted molar refractivity (Wildman–Crippen MR) is 69.9 cm³/mol. The zero-order valence-corrected chi connectivity index (χ0v) is 10.4. The molecule has 5 heteroatoms. The Morgan fingerprint density at radius 1 is 1.39 bits per heavy atom. The summed E-state index contributed by atoms with van der Waals surface area (Å²) in [5.74, 6) is 1.96. The van der Waals surface area contributed by atoms with Crippen molar-refractivity contribution >= 4 is 5.82 Å². The highest BCUT2D eigenvalue weighted by Gasteiger charge is 2.02. The molecular formula is C13H15N3O2. The molecule has 1 aromatic carbocycles. The van der Waals surface area contributed by atoms with Gasteiger partial charge < -0.3 is 15.0 Å². The van der Waals surface area contributed by atoms with Crippen LogP contribution in [0.4, 0.5) is 5.82 Å². The Labute approximate surface area is 105 Å². The van der Waals surface area contributed by atoms with Gasteiger partial charge in [-0.15, -0.1) is 0 Å². The van der Waals surface area contributed by atoms with Gasteiger partial charge in [-0.3, -0.25) is 4.79 Å². The van der Waals surface area contributed by atoms with E-state index in [-0.39, 0.29) is 5.56 Å². The summed E-state index contributed by atoms with van der Waals surface area (Å²) in [6.07, 6.45) is 0. The third-order valence-corrected chi connectivity index (χ3v) is 2.51. The average molecular weight is 245 g/mol. The molecule has 0 fully saturated rings. The fourth-order valence-electron chi connectivity index (χ4n) is 1.70. The van der Waals surface area contributed by atoms with Crippen molar-refractivity contribution in [1.82, 2.24) is 9.97 Å². The first-order valence-corrected chi connectivity index (χ1v) is 5.63. The number of anilines is 1. The van der Waals surface area contributed by atoms with Crippen LogP contribution in [0.15, 0.2) is 35.1 Å². The van der Waals surface area contributed by atoms with Gasteiger partial charge in [-0.05, 0) is 13.0 Å². The number of hydrogen-bond donors (Lipinski definition) is 2. The van der Waals surface area contributed by atoms with E-state index >= 15 is 0 Å². The Balaban J connectivity index is 2.13. The van der Waals surface area contributed by atoms with Crippen LogP contribution in [0.5, 0.6) is 5.75 Å². The van der Waals surface area contributed by atoms with Crippen molar-refractivity contribution in [2.45, 2.75) is 13.5 Å². The van der Waals surface area contributed by atoms with E-state index in [0.29, 0.717) is 18.2 Å². The largest absolute Gasteiger partial charge is 0.496 e. The van der Waals surface area contributed by atoms with Crippen molar-refractivity contribution < 1.29 is 4.74 Å². The number of para-hydroxylation sites is 1. The van der Waals surface area contributed by atoms with Crippen LogP contribution < -0.4 is 15.6 Å². The SMILES string of the molecule is COc1ccccc1CNc1cc(=O)[nH]c(C)n1. The summed E-state index contributed by atoms with van der Waals surface area (Å²) in [6, 6.07) is 9.15. The van der Waals surface area contributed by atoms with Crippen molar-refractivity contribution in [3.05, 3.63) is 52.1 Å². The number of nitrogens with zero attached hydrogens (tertiary/aromatic N) is 1. The van der Waals surface area contributed by atoms with Crippen LogP contribution in [0, 0.1) is 6.92 Å². The molecule has 0 bridgehead atoms. The molecule has 1 heterocycles. The van der Waals surface area contributed by atoms with Gasteiger partial charge in [0.2, 0.25) is 0 Å². The molecule has 0 spiro atoms. The fourth-order valence-corrected chi connectivity index (χ4v) is 1.70. The molecule has 94 valence electrons. The number of H-pyrrole nitrogens is 1. The number of ether oxygens (including phenoxy) is 1. The lowest BCUT2D eigenvalue weighted by Crippen LogP contribution is -2.12. The predicted octanol–water partition coefficient (Wildman–Crippen LogP) is 1.70. The van der Waals surface area contributed by atoms with E-state index in [1.54, 1.807) is 14.0 Å². The molecule has 18 heavy (non-hydrogen) atoms. The highest BCUT2D eigenvalue weighted by atomic mass is 16.5. The summed E-state index contributed by atoms with van der Waals surface area (Å²) in [5, 5.41) is 3.11. The quantitative estimate of drug-likeness (QED) is 0.860. The number of benzene rings is 1. The van der Waals surface area contributed by atoms with Gasteiger partial charge in [0.1, 0.15) is 17.4 Å². The van der Waals surface area contributed by atoms with Gasteiger partial charge in [0.05, 0.1) is 7.11 Å². The molecule has 2 rings (SSSR count). The van der Waals surface area contributed by atoms with Crippen molar-refractivity contribution in [2.75, 3.05) is 12.4 Å². The number of aromatic nitrogens is 2. The third kappa shape index (κ3) is 2.88.